The summed E-state index contributed by atoms with van der Waals surface area (Å²) in [5.74, 6) is 2.79. The van der Waals surface area contributed by atoms with Crippen LogP contribution in [0.4, 0.5) is 0 Å². The van der Waals surface area contributed by atoms with Gasteiger partial charge in [-0.3, -0.25) is 0 Å². The zero-order valence-electron chi connectivity index (χ0n) is 15.2. The summed E-state index contributed by atoms with van der Waals surface area (Å²) in [5, 5.41) is 42.6. The molecule has 4 nitrogen and oxygen atoms in total. The first kappa shape index (κ1) is 17.5. The first-order valence-corrected chi connectivity index (χ1v) is 9.63. The number of fused-ring (bicyclic) bond motifs is 5. The van der Waals surface area contributed by atoms with Crippen LogP contribution in [0.5, 0.6) is 0 Å². The SMILES string of the molecule is C#C[C@]1(O)[C@H](O)C[C@H]2[C@@H]3[C@H](O)C=C4C[C@@H](O)CC[C@]4(C)[C@H]3CC[C@@]21C. The Balaban J connectivity index is 1.77. The second-order valence-electron chi connectivity index (χ2n) is 9.41. The van der Waals surface area contributed by atoms with Gasteiger partial charge in [0.05, 0.1) is 18.3 Å². The van der Waals surface area contributed by atoms with Crippen LogP contribution in [0.25, 0.3) is 0 Å². The molecule has 0 aliphatic heterocycles. The van der Waals surface area contributed by atoms with E-state index in [2.05, 4.69) is 12.8 Å². The highest BCUT2D eigenvalue weighted by molar-refractivity contribution is 5.32. The van der Waals surface area contributed by atoms with Crippen LogP contribution in [0, 0.1) is 40.9 Å². The molecule has 3 saturated carbocycles. The van der Waals surface area contributed by atoms with Gasteiger partial charge in [0.2, 0.25) is 0 Å². The van der Waals surface area contributed by atoms with Crippen molar-refractivity contribution in [3.8, 4) is 12.3 Å². The summed E-state index contributed by atoms with van der Waals surface area (Å²) in [7, 11) is 0. The summed E-state index contributed by atoms with van der Waals surface area (Å²) in [6.07, 6.45) is 10.2. The quantitative estimate of drug-likeness (QED) is 0.397. The van der Waals surface area contributed by atoms with Crippen molar-refractivity contribution in [2.45, 2.75) is 76.3 Å². The summed E-state index contributed by atoms with van der Waals surface area (Å²) in [6, 6.07) is 0. The fourth-order valence-electron chi connectivity index (χ4n) is 6.92. The van der Waals surface area contributed by atoms with Gasteiger partial charge < -0.3 is 20.4 Å². The Labute approximate surface area is 150 Å². The van der Waals surface area contributed by atoms with Crippen molar-refractivity contribution in [2.24, 2.45) is 28.6 Å². The minimum Gasteiger partial charge on any atom is -0.393 e. The first-order valence-electron chi connectivity index (χ1n) is 9.63. The van der Waals surface area contributed by atoms with Crippen LogP contribution in [0.15, 0.2) is 11.6 Å². The molecule has 138 valence electrons. The lowest BCUT2D eigenvalue weighted by Gasteiger charge is -2.59. The van der Waals surface area contributed by atoms with Gasteiger partial charge in [-0.15, -0.1) is 6.42 Å². The Morgan fingerprint density at radius 1 is 1.12 bits per heavy atom. The van der Waals surface area contributed by atoms with E-state index in [0.717, 1.165) is 25.7 Å². The summed E-state index contributed by atoms with van der Waals surface area (Å²) in [6.45, 7) is 4.26. The number of terminal acetylenes is 1. The highest BCUT2D eigenvalue weighted by Gasteiger charge is 2.68. The van der Waals surface area contributed by atoms with E-state index in [-0.39, 0.29) is 23.4 Å². The molecule has 0 aromatic heterocycles. The van der Waals surface area contributed by atoms with Gasteiger partial charge in [-0.25, -0.2) is 0 Å². The second kappa shape index (κ2) is 5.33. The van der Waals surface area contributed by atoms with E-state index in [1.54, 1.807) is 0 Å². The molecule has 3 fully saturated rings. The van der Waals surface area contributed by atoms with E-state index in [9.17, 15) is 20.4 Å². The molecule has 4 rings (SSSR count). The molecule has 0 heterocycles. The van der Waals surface area contributed by atoms with Crippen molar-refractivity contribution in [1.29, 1.82) is 0 Å². The van der Waals surface area contributed by atoms with Crippen LogP contribution in [-0.4, -0.2) is 44.3 Å². The highest BCUT2D eigenvalue weighted by atomic mass is 16.3. The molecule has 0 bridgehead atoms. The lowest BCUT2D eigenvalue weighted by molar-refractivity contribution is -0.135. The predicted molar refractivity (Wildman–Crippen MR) is 94.3 cm³/mol. The average molecular weight is 346 g/mol. The molecule has 4 aliphatic carbocycles. The van der Waals surface area contributed by atoms with Crippen LogP contribution in [-0.2, 0) is 0 Å². The molecule has 0 saturated heterocycles. The zero-order chi connectivity index (χ0) is 18.2. The third-order valence-corrected chi connectivity index (χ3v) is 8.54. The first-order chi connectivity index (χ1) is 11.7. The van der Waals surface area contributed by atoms with E-state index in [0.29, 0.717) is 18.8 Å². The van der Waals surface area contributed by atoms with E-state index in [1.165, 1.54) is 5.57 Å². The number of aliphatic hydroxyl groups is 4. The summed E-state index contributed by atoms with van der Waals surface area (Å²) in [5.41, 5.74) is -0.907. The maximum atomic E-state index is 11.0. The van der Waals surface area contributed by atoms with E-state index < -0.39 is 23.2 Å². The maximum absolute atomic E-state index is 11.0. The standard InChI is InChI=1S/C21H30O4/c1-4-21(25)17(24)11-15-18-14(6-8-20(15,21)3)19(2)7-5-13(22)9-12(19)10-16(18)23/h1,10,13-18,22-25H,5-9,11H2,2-3H3/t13-,14-,15-,16+,17+,18+,19-,20-,21-/m0/s1. The van der Waals surface area contributed by atoms with Gasteiger partial charge >= 0.3 is 0 Å². The molecule has 4 aliphatic rings. The Hall–Kier alpha value is -0.860. The van der Waals surface area contributed by atoms with Gasteiger partial charge in [0.15, 0.2) is 5.60 Å². The maximum Gasteiger partial charge on any atom is 0.156 e. The van der Waals surface area contributed by atoms with Crippen LogP contribution in [0.2, 0.25) is 0 Å². The van der Waals surface area contributed by atoms with E-state index in [4.69, 9.17) is 6.42 Å². The van der Waals surface area contributed by atoms with E-state index in [1.807, 2.05) is 13.0 Å². The number of aliphatic hydroxyl groups excluding tert-OH is 3. The molecule has 0 aromatic carbocycles. The molecule has 4 N–H and O–H groups in total. The largest absolute Gasteiger partial charge is 0.393 e. The van der Waals surface area contributed by atoms with Crippen LogP contribution >= 0.6 is 0 Å². The van der Waals surface area contributed by atoms with Crippen molar-refractivity contribution < 1.29 is 20.4 Å². The molecule has 0 amide bonds. The smallest absolute Gasteiger partial charge is 0.156 e. The van der Waals surface area contributed by atoms with Gasteiger partial charge in [0.1, 0.15) is 0 Å². The van der Waals surface area contributed by atoms with Crippen molar-refractivity contribution in [2.75, 3.05) is 0 Å². The Bertz CT molecular complexity index is 651. The number of rotatable bonds is 0. The monoisotopic (exact) mass is 346 g/mol. The molecule has 0 spiro atoms. The number of hydrogen-bond donors (Lipinski definition) is 4. The predicted octanol–water partition coefficient (Wildman–Crippen LogP) is 1.62. The topological polar surface area (TPSA) is 80.9 Å². The van der Waals surface area contributed by atoms with Gasteiger partial charge in [-0.2, -0.15) is 0 Å². The highest BCUT2D eigenvalue weighted by Crippen LogP contribution is 2.66. The fraction of sp³-hybridized carbons (Fsp3) is 0.810. The Morgan fingerprint density at radius 3 is 2.52 bits per heavy atom. The lowest BCUT2D eigenvalue weighted by Crippen LogP contribution is -2.58. The summed E-state index contributed by atoms with van der Waals surface area (Å²) >= 11 is 0. The molecule has 0 unspecified atom stereocenters. The second-order valence-corrected chi connectivity index (χ2v) is 9.41. The minimum atomic E-state index is -1.52. The third kappa shape index (κ3) is 2.04. The van der Waals surface area contributed by atoms with Crippen molar-refractivity contribution in [3.05, 3.63) is 11.6 Å². The minimum absolute atomic E-state index is 0.000215. The Kier molecular flexibility index (Phi) is 3.74. The third-order valence-electron chi connectivity index (χ3n) is 8.54. The van der Waals surface area contributed by atoms with Crippen LogP contribution in [0.1, 0.15) is 52.4 Å². The molecular formula is C21H30O4. The van der Waals surface area contributed by atoms with Crippen LogP contribution in [0.3, 0.4) is 0 Å². The molecule has 25 heavy (non-hydrogen) atoms. The molecule has 9 atom stereocenters. The molecule has 0 radical (unpaired) electrons. The van der Waals surface area contributed by atoms with Crippen molar-refractivity contribution in [3.63, 3.8) is 0 Å². The van der Waals surface area contributed by atoms with Crippen molar-refractivity contribution >= 4 is 0 Å². The normalized spacial score (nSPS) is 57.7. The van der Waals surface area contributed by atoms with E-state index >= 15 is 0 Å². The fourth-order valence-corrected chi connectivity index (χ4v) is 6.92. The van der Waals surface area contributed by atoms with Gasteiger partial charge in [-0.1, -0.05) is 31.4 Å². The van der Waals surface area contributed by atoms with Crippen molar-refractivity contribution in [1.82, 2.24) is 0 Å². The number of hydrogen-bond acceptors (Lipinski definition) is 4. The molecule has 0 aromatic rings. The molecule has 4 heteroatoms. The van der Waals surface area contributed by atoms with Crippen LogP contribution < -0.4 is 0 Å². The van der Waals surface area contributed by atoms with Gasteiger partial charge in [0.25, 0.3) is 0 Å². The zero-order valence-corrected chi connectivity index (χ0v) is 15.2. The molecular weight excluding hydrogens is 316 g/mol. The lowest BCUT2D eigenvalue weighted by atomic mass is 9.46. The summed E-state index contributed by atoms with van der Waals surface area (Å²) < 4.78 is 0. The summed E-state index contributed by atoms with van der Waals surface area (Å²) in [4.78, 5) is 0. The average Bonchev–Trinajstić information content (AvgIpc) is 2.77. The van der Waals surface area contributed by atoms with Gasteiger partial charge in [-0.05, 0) is 61.7 Å². The Morgan fingerprint density at radius 2 is 1.84 bits per heavy atom. The van der Waals surface area contributed by atoms with Gasteiger partial charge in [0, 0.05) is 5.41 Å².